The minimum atomic E-state index is -0.570. The third kappa shape index (κ3) is 4.79. The van der Waals surface area contributed by atoms with Crippen LogP contribution in [-0.4, -0.2) is 32.6 Å². The van der Waals surface area contributed by atoms with Crippen molar-refractivity contribution in [3.8, 4) is 11.5 Å². The van der Waals surface area contributed by atoms with Gasteiger partial charge in [-0.1, -0.05) is 30.3 Å². The van der Waals surface area contributed by atoms with Gasteiger partial charge >= 0.3 is 5.97 Å². The molecule has 0 atom stereocenters. The van der Waals surface area contributed by atoms with Gasteiger partial charge in [-0.25, -0.2) is 9.78 Å². The molecule has 3 rings (SSSR count). The fourth-order valence-corrected chi connectivity index (χ4v) is 2.64. The Kier molecular flexibility index (Phi) is 6.25. The lowest BCUT2D eigenvalue weighted by Crippen LogP contribution is -2.10. The van der Waals surface area contributed by atoms with Gasteiger partial charge in [-0.15, -0.1) is 0 Å². The lowest BCUT2D eigenvalue weighted by Gasteiger charge is -2.06. The molecule has 0 aliphatic carbocycles. The monoisotopic (exact) mass is 398 g/mol. The van der Waals surface area contributed by atoms with Crippen LogP contribution < -0.4 is 0 Å². The number of aromatic nitrogens is 3. The SMILES string of the molecule is CCc1ccccc1C(=O)OOCCc1nc(-c2ncc([N+](=O)[O-])cc2C)no1. The van der Waals surface area contributed by atoms with Crippen LogP contribution in [-0.2, 0) is 22.6 Å². The molecule has 0 radical (unpaired) electrons. The molecule has 0 aliphatic rings. The summed E-state index contributed by atoms with van der Waals surface area (Å²) in [6, 6.07) is 8.52. The maximum absolute atomic E-state index is 12.1. The fraction of sp³-hybridized carbons (Fsp3) is 0.263. The molecule has 0 fully saturated rings. The van der Waals surface area contributed by atoms with E-state index in [0.29, 0.717) is 23.2 Å². The Labute approximate surface area is 165 Å². The number of hydrogen-bond donors (Lipinski definition) is 0. The van der Waals surface area contributed by atoms with E-state index >= 15 is 0 Å². The van der Waals surface area contributed by atoms with Gasteiger partial charge in [-0.3, -0.25) is 15.0 Å². The van der Waals surface area contributed by atoms with Gasteiger partial charge in [-0.05, 0) is 30.5 Å². The Morgan fingerprint density at radius 1 is 1.31 bits per heavy atom. The van der Waals surface area contributed by atoms with E-state index in [2.05, 4.69) is 15.1 Å². The van der Waals surface area contributed by atoms with E-state index in [9.17, 15) is 14.9 Å². The molecule has 0 spiro atoms. The second-order valence-corrected chi connectivity index (χ2v) is 6.08. The predicted molar refractivity (Wildman–Crippen MR) is 99.8 cm³/mol. The van der Waals surface area contributed by atoms with Crippen molar-refractivity contribution >= 4 is 11.7 Å². The molecule has 0 unspecified atom stereocenters. The number of rotatable bonds is 8. The zero-order valence-electron chi connectivity index (χ0n) is 15.8. The van der Waals surface area contributed by atoms with E-state index in [4.69, 9.17) is 14.3 Å². The topological polar surface area (TPSA) is 130 Å². The summed E-state index contributed by atoms with van der Waals surface area (Å²) in [5, 5.41) is 14.6. The number of carbonyl (C=O) groups is 1. The first-order valence-corrected chi connectivity index (χ1v) is 8.85. The molecule has 0 bridgehead atoms. The van der Waals surface area contributed by atoms with Gasteiger partial charge in [0.05, 0.1) is 16.9 Å². The smallest absolute Gasteiger partial charge is 0.339 e. The van der Waals surface area contributed by atoms with Crippen LogP contribution in [0.1, 0.15) is 34.3 Å². The maximum atomic E-state index is 12.1. The average molecular weight is 398 g/mol. The van der Waals surface area contributed by atoms with Crippen molar-refractivity contribution in [2.75, 3.05) is 6.61 Å². The lowest BCUT2D eigenvalue weighted by molar-refractivity contribution is -0.385. The van der Waals surface area contributed by atoms with E-state index in [1.54, 1.807) is 19.1 Å². The third-order valence-electron chi connectivity index (χ3n) is 4.11. The van der Waals surface area contributed by atoms with Crippen molar-refractivity contribution in [2.45, 2.75) is 26.7 Å². The second kappa shape index (κ2) is 9.02. The van der Waals surface area contributed by atoms with Crippen molar-refractivity contribution in [2.24, 2.45) is 0 Å². The molecular weight excluding hydrogens is 380 g/mol. The van der Waals surface area contributed by atoms with Crippen LogP contribution >= 0.6 is 0 Å². The molecular formula is C19H18N4O6. The van der Waals surface area contributed by atoms with Gasteiger partial charge in [0.2, 0.25) is 11.7 Å². The molecule has 10 heteroatoms. The number of nitro groups is 1. The largest absolute Gasteiger partial charge is 0.373 e. The minimum absolute atomic E-state index is 0.0222. The number of aryl methyl sites for hydroxylation is 2. The van der Waals surface area contributed by atoms with Crippen molar-refractivity contribution in [3.05, 3.63) is 69.2 Å². The molecule has 3 aromatic rings. The highest BCUT2D eigenvalue weighted by Crippen LogP contribution is 2.22. The Balaban J connectivity index is 1.55. The van der Waals surface area contributed by atoms with Gasteiger partial charge < -0.3 is 4.52 Å². The van der Waals surface area contributed by atoms with Crippen molar-refractivity contribution in [3.63, 3.8) is 0 Å². The molecule has 150 valence electrons. The first kappa shape index (κ1) is 20.1. The summed E-state index contributed by atoms with van der Waals surface area (Å²) < 4.78 is 5.12. The van der Waals surface area contributed by atoms with Gasteiger partial charge in [-0.2, -0.15) is 9.87 Å². The first-order valence-electron chi connectivity index (χ1n) is 8.85. The summed E-state index contributed by atoms with van der Waals surface area (Å²) >= 11 is 0. The van der Waals surface area contributed by atoms with E-state index in [0.717, 1.165) is 11.8 Å². The second-order valence-electron chi connectivity index (χ2n) is 6.08. The first-order chi connectivity index (χ1) is 14.0. The maximum Gasteiger partial charge on any atom is 0.373 e. The van der Waals surface area contributed by atoms with E-state index in [-0.39, 0.29) is 30.4 Å². The van der Waals surface area contributed by atoms with Gasteiger partial charge in [0.15, 0.2) is 0 Å². The number of hydrogen-bond acceptors (Lipinski definition) is 9. The Morgan fingerprint density at radius 2 is 2.10 bits per heavy atom. The summed E-state index contributed by atoms with van der Waals surface area (Å²) in [5.74, 6) is -0.106. The molecule has 0 aliphatic heterocycles. The molecule has 0 N–H and O–H groups in total. The summed E-state index contributed by atoms with van der Waals surface area (Å²) in [6.07, 6.45) is 2.04. The highest BCUT2D eigenvalue weighted by Gasteiger charge is 2.16. The third-order valence-corrected chi connectivity index (χ3v) is 4.11. The molecule has 0 amide bonds. The van der Waals surface area contributed by atoms with Crippen molar-refractivity contribution in [1.82, 2.24) is 15.1 Å². The minimum Gasteiger partial charge on any atom is -0.339 e. The predicted octanol–water partition coefficient (Wildman–Crippen LogP) is 3.24. The Bertz CT molecular complexity index is 1030. The Hall–Kier alpha value is -3.66. The summed E-state index contributed by atoms with van der Waals surface area (Å²) in [7, 11) is 0. The molecule has 2 aromatic heterocycles. The fourth-order valence-electron chi connectivity index (χ4n) is 2.64. The molecule has 0 saturated carbocycles. The number of pyridine rings is 1. The molecule has 1 aromatic carbocycles. The highest BCUT2D eigenvalue weighted by atomic mass is 17.2. The van der Waals surface area contributed by atoms with Crippen LogP contribution in [0.4, 0.5) is 5.69 Å². The standard InChI is InChI=1S/C19H18N4O6/c1-3-13-6-4-5-7-15(13)19(24)29-27-9-8-16-21-18(22-28-16)17-12(2)10-14(11-20-17)23(25)26/h4-7,10-11H,3,8-9H2,1-2H3. The molecule has 2 heterocycles. The molecule has 10 nitrogen and oxygen atoms in total. The summed E-state index contributed by atoms with van der Waals surface area (Å²) in [6.45, 7) is 3.64. The molecule has 0 saturated heterocycles. The van der Waals surface area contributed by atoms with Crippen molar-refractivity contribution < 1.29 is 24.0 Å². The Morgan fingerprint density at radius 3 is 2.83 bits per heavy atom. The van der Waals surface area contributed by atoms with Crippen molar-refractivity contribution in [1.29, 1.82) is 0 Å². The van der Waals surface area contributed by atoms with E-state index in [1.165, 1.54) is 6.07 Å². The number of nitrogens with zero attached hydrogens (tertiary/aromatic N) is 4. The van der Waals surface area contributed by atoms with Gasteiger partial charge in [0, 0.05) is 6.07 Å². The number of benzene rings is 1. The lowest BCUT2D eigenvalue weighted by atomic mass is 10.1. The van der Waals surface area contributed by atoms with Gasteiger partial charge in [0.1, 0.15) is 18.5 Å². The summed E-state index contributed by atoms with van der Waals surface area (Å²) in [5.41, 5.74) is 2.14. The normalized spacial score (nSPS) is 10.7. The average Bonchev–Trinajstić information content (AvgIpc) is 3.19. The quantitative estimate of drug-likeness (QED) is 0.243. The summed E-state index contributed by atoms with van der Waals surface area (Å²) in [4.78, 5) is 40.4. The zero-order chi connectivity index (χ0) is 20.8. The van der Waals surface area contributed by atoms with Crippen LogP contribution in [0.25, 0.3) is 11.5 Å². The highest BCUT2D eigenvalue weighted by molar-refractivity contribution is 5.90. The van der Waals surface area contributed by atoms with Crippen LogP contribution in [0.5, 0.6) is 0 Å². The van der Waals surface area contributed by atoms with Gasteiger partial charge in [0.25, 0.3) is 5.69 Å². The van der Waals surface area contributed by atoms with Crippen LogP contribution in [0.3, 0.4) is 0 Å². The van der Waals surface area contributed by atoms with Crippen LogP contribution in [0, 0.1) is 17.0 Å². The van der Waals surface area contributed by atoms with Crippen LogP contribution in [0.15, 0.2) is 41.1 Å². The van der Waals surface area contributed by atoms with E-state index < -0.39 is 10.9 Å². The molecule has 29 heavy (non-hydrogen) atoms. The van der Waals surface area contributed by atoms with E-state index in [1.807, 2.05) is 19.1 Å². The number of carbonyl (C=O) groups excluding carboxylic acids is 1. The van der Waals surface area contributed by atoms with Crippen LogP contribution in [0.2, 0.25) is 0 Å². The zero-order valence-corrected chi connectivity index (χ0v) is 15.8.